The van der Waals surface area contributed by atoms with Gasteiger partial charge in [-0.1, -0.05) is 61.5 Å². The molecule has 3 aromatic rings. The van der Waals surface area contributed by atoms with E-state index in [9.17, 15) is 19.5 Å². The quantitative estimate of drug-likeness (QED) is 0.241. The Kier molecular flexibility index (Phi) is 9.81. The number of aliphatic hydroxyl groups is 1. The van der Waals surface area contributed by atoms with Gasteiger partial charge in [-0.25, -0.2) is 4.79 Å². The van der Waals surface area contributed by atoms with E-state index < -0.39 is 29.9 Å². The molecule has 2 atom stereocenters. The Hall–Kier alpha value is -4.63. The number of nitrogen functional groups attached to an aromatic ring is 1. The smallest absolute Gasteiger partial charge is 0.414 e. The standard InChI is InChI=1S/C28H29N3O6/c1-19(15-16-25(33)30-23-13-7-6-12-22(23)29)26(21-11-5-8-14-24(21)36-18-17-32)37-28(35)31-27(34)20-9-3-2-4-10-20/h2-16,19,26,32H,17-18,29H2,1H3,(H,30,33)(H,31,34,35)/b16-15+/t19-,26-/m1/s1. The van der Waals surface area contributed by atoms with E-state index in [-0.39, 0.29) is 13.2 Å². The number of aliphatic hydroxyl groups excluding tert-OH is 1. The molecule has 0 bridgehead atoms. The van der Waals surface area contributed by atoms with Crippen LogP contribution in [0.2, 0.25) is 0 Å². The summed E-state index contributed by atoms with van der Waals surface area (Å²) in [5, 5.41) is 14.1. The lowest BCUT2D eigenvalue weighted by molar-refractivity contribution is -0.111. The highest BCUT2D eigenvalue weighted by molar-refractivity contribution is 6.03. The van der Waals surface area contributed by atoms with Gasteiger partial charge < -0.3 is 25.6 Å². The molecule has 0 saturated heterocycles. The minimum Gasteiger partial charge on any atom is -0.491 e. The second-order valence-electron chi connectivity index (χ2n) is 8.05. The molecule has 3 aromatic carbocycles. The van der Waals surface area contributed by atoms with Gasteiger partial charge >= 0.3 is 6.09 Å². The predicted octanol–water partition coefficient (Wildman–Crippen LogP) is 4.08. The highest BCUT2D eigenvalue weighted by Crippen LogP contribution is 2.34. The number of imide groups is 1. The molecule has 0 saturated carbocycles. The van der Waals surface area contributed by atoms with Crippen LogP contribution in [0.5, 0.6) is 5.75 Å². The predicted molar refractivity (Wildman–Crippen MR) is 140 cm³/mol. The first kappa shape index (κ1) is 27.0. The summed E-state index contributed by atoms with van der Waals surface area (Å²) in [5.41, 5.74) is 7.58. The molecule has 0 aliphatic heterocycles. The SMILES string of the molecule is C[C@H](/C=C/C(=O)Nc1ccccc1N)[C@@H](OC(=O)NC(=O)c1ccccc1)c1ccccc1OCCO. The van der Waals surface area contributed by atoms with E-state index in [2.05, 4.69) is 10.6 Å². The second kappa shape index (κ2) is 13.5. The van der Waals surface area contributed by atoms with Crippen molar-refractivity contribution < 1.29 is 29.0 Å². The lowest BCUT2D eigenvalue weighted by Gasteiger charge is -2.24. The van der Waals surface area contributed by atoms with Crippen molar-refractivity contribution in [3.63, 3.8) is 0 Å². The van der Waals surface area contributed by atoms with E-state index in [0.29, 0.717) is 28.3 Å². The molecule has 0 fully saturated rings. The molecule has 192 valence electrons. The number of alkyl carbamates (subject to hydrolysis) is 1. The number of hydrogen-bond donors (Lipinski definition) is 4. The van der Waals surface area contributed by atoms with Crippen molar-refractivity contribution in [3.05, 3.63) is 102 Å². The zero-order chi connectivity index (χ0) is 26.6. The molecule has 0 aromatic heterocycles. The largest absolute Gasteiger partial charge is 0.491 e. The van der Waals surface area contributed by atoms with Gasteiger partial charge in [0, 0.05) is 17.0 Å². The van der Waals surface area contributed by atoms with Crippen LogP contribution >= 0.6 is 0 Å². The Morgan fingerprint density at radius 1 is 0.973 bits per heavy atom. The van der Waals surface area contributed by atoms with Crippen molar-refractivity contribution in [2.24, 2.45) is 5.92 Å². The number of carbonyl (C=O) groups excluding carboxylic acids is 3. The zero-order valence-corrected chi connectivity index (χ0v) is 20.3. The number of rotatable bonds is 10. The van der Waals surface area contributed by atoms with Crippen LogP contribution in [0.15, 0.2) is 91.0 Å². The fourth-order valence-electron chi connectivity index (χ4n) is 3.48. The van der Waals surface area contributed by atoms with E-state index in [1.807, 2.05) is 0 Å². The normalized spacial score (nSPS) is 12.4. The topological polar surface area (TPSA) is 140 Å². The fourth-order valence-corrected chi connectivity index (χ4v) is 3.48. The number of para-hydroxylation sites is 3. The Morgan fingerprint density at radius 2 is 1.65 bits per heavy atom. The number of amides is 3. The average molecular weight is 504 g/mol. The number of anilines is 2. The molecule has 0 aliphatic carbocycles. The van der Waals surface area contributed by atoms with E-state index in [1.54, 1.807) is 91.9 Å². The molecular formula is C28H29N3O6. The molecule has 3 rings (SSSR count). The summed E-state index contributed by atoms with van der Waals surface area (Å²) in [5.74, 6) is -1.16. The summed E-state index contributed by atoms with van der Waals surface area (Å²) in [4.78, 5) is 37.6. The van der Waals surface area contributed by atoms with Crippen molar-refractivity contribution >= 4 is 29.3 Å². The summed E-state index contributed by atoms with van der Waals surface area (Å²) >= 11 is 0. The maximum Gasteiger partial charge on any atom is 0.414 e. The number of ether oxygens (including phenoxy) is 2. The summed E-state index contributed by atoms with van der Waals surface area (Å²) in [6.45, 7) is 1.58. The van der Waals surface area contributed by atoms with Crippen LogP contribution < -0.4 is 21.1 Å². The number of benzene rings is 3. The first-order valence-corrected chi connectivity index (χ1v) is 11.6. The third kappa shape index (κ3) is 7.94. The van der Waals surface area contributed by atoms with Crippen molar-refractivity contribution in [1.82, 2.24) is 5.32 Å². The van der Waals surface area contributed by atoms with Gasteiger partial charge in [-0.3, -0.25) is 14.9 Å². The van der Waals surface area contributed by atoms with E-state index in [0.717, 1.165) is 0 Å². The first-order chi connectivity index (χ1) is 17.9. The summed E-state index contributed by atoms with van der Waals surface area (Å²) < 4.78 is 11.3. The van der Waals surface area contributed by atoms with Crippen molar-refractivity contribution in [1.29, 1.82) is 0 Å². The number of hydrogen-bond acceptors (Lipinski definition) is 7. The average Bonchev–Trinajstić information content (AvgIpc) is 2.91. The van der Waals surface area contributed by atoms with Gasteiger partial charge in [-0.15, -0.1) is 0 Å². The molecule has 0 aliphatic rings. The zero-order valence-electron chi connectivity index (χ0n) is 20.3. The molecule has 5 N–H and O–H groups in total. The van der Waals surface area contributed by atoms with Gasteiger partial charge in [-0.05, 0) is 36.4 Å². The highest BCUT2D eigenvalue weighted by atomic mass is 16.6. The molecule has 0 spiro atoms. The second-order valence-corrected chi connectivity index (χ2v) is 8.05. The van der Waals surface area contributed by atoms with Gasteiger partial charge in [0.25, 0.3) is 5.91 Å². The highest BCUT2D eigenvalue weighted by Gasteiger charge is 2.26. The Morgan fingerprint density at radius 3 is 2.38 bits per heavy atom. The molecule has 9 heteroatoms. The molecule has 3 amide bonds. The van der Waals surface area contributed by atoms with Crippen LogP contribution in [0.3, 0.4) is 0 Å². The van der Waals surface area contributed by atoms with Crippen LogP contribution in [0, 0.1) is 5.92 Å². The summed E-state index contributed by atoms with van der Waals surface area (Å²) in [6, 6.07) is 22.0. The summed E-state index contributed by atoms with van der Waals surface area (Å²) in [6.07, 6.45) is 1.01. The van der Waals surface area contributed by atoms with Gasteiger partial charge in [0.1, 0.15) is 18.5 Å². The van der Waals surface area contributed by atoms with Crippen molar-refractivity contribution in [2.45, 2.75) is 13.0 Å². The van der Waals surface area contributed by atoms with Crippen LogP contribution in [0.1, 0.15) is 28.9 Å². The molecule has 0 heterocycles. The van der Waals surface area contributed by atoms with Crippen molar-refractivity contribution in [3.8, 4) is 5.75 Å². The monoisotopic (exact) mass is 503 g/mol. The van der Waals surface area contributed by atoms with E-state index in [4.69, 9.17) is 15.2 Å². The van der Waals surface area contributed by atoms with Crippen LogP contribution in [0.25, 0.3) is 0 Å². The van der Waals surface area contributed by atoms with Gasteiger partial charge in [-0.2, -0.15) is 0 Å². The molecular weight excluding hydrogens is 474 g/mol. The number of nitrogens with one attached hydrogen (secondary N) is 2. The fraction of sp³-hybridized carbons (Fsp3) is 0.179. The molecule has 0 radical (unpaired) electrons. The Balaban J connectivity index is 1.80. The van der Waals surface area contributed by atoms with Crippen LogP contribution in [-0.2, 0) is 9.53 Å². The first-order valence-electron chi connectivity index (χ1n) is 11.6. The van der Waals surface area contributed by atoms with Crippen LogP contribution in [-0.4, -0.2) is 36.2 Å². The Labute approximate surface area is 214 Å². The van der Waals surface area contributed by atoms with Gasteiger partial charge in [0.15, 0.2) is 0 Å². The van der Waals surface area contributed by atoms with Gasteiger partial charge in [0.2, 0.25) is 5.91 Å². The molecule has 0 unspecified atom stereocenters. The minimum atomic E-state index is -0.961. The lowest BCUT2D eigenvalue weighted by Crippen LogP contribution is -2.33. The van der Waals surface area contributed by atoms with E-state index >= 15 is 0 Å². The molecule has 9 nitrogen and oxygen atoms in total. The van der Waals surface area contributed by atoms with Crippen LogP contribution in [0.4, 0.5) is 16.2 Å². The third-order valence-electron chi connectivity index (χ3n) is 5.31. The maximum absolute atomic E-state index is 12.7. The van der Waals surface area contributed by atoms with E-state index in [1.165, 1.54) is 6.08 Å². The summed E-state index contributed by atoms with van der Waals surface area (Å²) in [7, 11) is 0. The maximum atomic E-state index is 12.7. The van der Waals surface area contributed by atoms with Crippen molar-refractivity contribution in [2.75, 3.05) is 24.3 Å². The number of nitrogens with two attached hydrogens (primary N) is 1. The minimum absolute atomic E-state index is 0.0353. The molecule has 37 heavy (non-hydrogen) atoms. The van der Waals surface area contributed by atoms with Gasteiger partial charge in [0.05, 0.1) is 18.0 Å². The lowest BCUT2D eigenvalue weighted by atomic mass is 9.95. The third-order valence-corrected chi connectivity index (χ3v) is 5.31. The Bertz CT molecular complexity index is 1250. The number of carbonyl (C=O) groups is 3.